The highest BCUT2D eigenvalue weighted by Gasteiger charge is 2.21. The minimum atomic E-state index is -0.960. The molecule has 0 spiro atoms. The van der Waals surface area contributed by atoms with E-state index in [0.717, 1.165) is 27.6 Å². The van der Waals surface area contributed by atoms with Crippen molar-refractivity contribution in [3.63, 3.8) is 0 Å². The molecule has 3 aromatic heterocycles. The first-order valence-corrected chi connectivity index (χ1v) is 11.9. The Morgan fingerprint density at radius 2 is 2.11 bits per heavy atom. The molecule has 4 rings (SSSR count). The van der Waals surface area contributed by atoms with Gasteiger partial charge in [0.25, 0.3) is 0 Å². The third kappa shape index (κ3) is 5.43. The van der Waals surface area contributed by atoms with Crippen LogP contribution in [0, 0.1) is 6.92 Å². The van der Waals surface area contributed by atoms with Crippen molar-refractivity contribution >= 4 is 44.2 Å². The number of aliphatic hydroxyl groups is 2. The van der Waals surface area contributed by atoms with Gasteiger partial charge in [0.2, 0.25) is 5.91 Å². The lowest BCUT2D eigenvalue weighted by Crippen LogP contribution is -2.29. The van der Waals surface area contributed by atoms with Crippen LogP contribution in [-0.2, 0) is 9.53 Å². The Kier molecular flexibility index (Phi) is 7.60. The number of nitrogens with one attached hydrogen (secondary N) is 1. The zero-order valence-corrected chi connectivity index (χ0v) is 21.0. The summed E-state index contributed by atoms with van der Waals surface area (Å²) < 4.78 is 7.30. The summed E-state index contributed by atoms with van der Waals surface area (Å²) >= 11 is 3.50. The Morgan fingerprint density at radius 1 is 1.31 bits per heavy atom. The first-order valence-electron chi connectivity index (χ1n) is 11.1. The fourth-order valence-electron chi connectivity index (χ4n) is 3.72. The summed E-state index contributed by atoms with van der Waals surface area (Å²) in [6.45, 7) is 3.54. The smallest absolute Gasteiger partial charge is 0.222 e. The maximum atomic E-state index is 12.4. The van der Waals surface area contributed by atoms with E-state index in [1.807, 2.05) is 32.0 Å². The van der Waals surface area contributed by atoms with Gasteiger partial charge in [-0.2, -0.15) is 9.61 Å². The Morgan fingerprint density at radius 3 is 2.89 bits per heavy atom. The highest BCUT2D eigenvalue weighted by atomic mass is 79.9. The van der Waals surface area contributed by atoms with Crippen molar-refractivity contribution in [2.75, 3.05) is 25.6 Å². The number of aromatic nitrogens is 4. The van der Waals surface area contributed by atoms with Gasteiger partial charge in [0.15, 0.2) is 5.65 Å². The Labute approximate surface area is 210 Å². The van der Waals surface area contributed by atoms with Crippen molar-refractivity contribution < 1.29 is 19.7 Å². The SMILES string of the molecule is Cc1ccc2ncc(-c3cnn4c(N)c(Br)c(C(C)NC(=O)CCOCC(O)CO)nc34)cc2c1. The van der Waals surface area contributed by atoms with E-state index in [1.165, 1.54) is 0 Å². The molecule has 2 unspecified atom stereocenters. The third-order valence-electron chi connectivity index (χ3n) is 5.58. The number of pyridine rings is 1. The lowest BCUT2D eigenvalue weighted by Gasteiger charge is -2.17. The number of nitrogens with two attached hydrogens (primary N) is 1. The van der Waals surface area contributed by atoms with E-state index < -0.39 is 18.8 Å². The molecule has 1 aromatic carbocycles. The number of anilines is 1. The van der Waals surface area contributed by atoms with Gasteiger partial charge in [-0.05, 0) is 48.0 Å². The number of hydrogen-bond acceptors (Lipinski definition) is 8. The quantitative estimate of drug-likeness (QED) is 0.236. The second kappa shape index (κ2) is 10.6. The molecule has 35 heavy (non-hydrogen) atoms. The summed E-state index contributed by atoms with van der Waals surface area (Å²) in [5.41, 5.74) is 11.1. The van der Waals surface area contributed by atoms with E-state index in [4.69, 9.17) is 20.6 Å². The van der Waals surface area contributed by atoms with Gasteiger partial charge >= 0.3 is 0 Å². The standard InChI is InChI=1S/C24H27BrN6O4/c1-13-3-4-19-15(7-13)8-16(9-27-19)18-10-28-31-23(26)21(25)22(30-24(18)31)14(2)29-20(34)5-6-35-12-17(33)11-32/h3-4,7-10,14,17,32-33H,5-6,11-12,26H2,1-2H3,(H,29,34). The van der Waals surface area contributed by atoms with Gasteiger partial charge in [-0.3, -0.25) is 9.78 Å². The van der Waals surface area contributed by atoms with E-state index in [1.54, 1.807) is 16.9 Å². The number of halogens is 1. The lowest BCUT2D eigenvalue weighted by molar-refractivity contribution is -0.123. The minimum Gasteiger partial charge on any atom is -0.394 e. The average molecular weight is 543 g/mol. The number of ether oxygens (including phenoxy) is 1. The van der Waals surface area contributed by atoms with Crippen LogP contribution in [-0.4, -0.2) is 61.6 Å². The van der Waals surface area contributed by atoms with Gasteiger partial charge in [-0.15, -0.1) is 0 Å². The zero-order valence-electron chi connectivity index (χ0n) is 19.4. The van der Waals surface area contributed by atoms with Crippen LogP contribution < -0.4 is 11.1 Å². The minimum absolute atomic E-state index is 0.0349. The molecule has 0 saturated heterocycles. The molecule has 0 aliphatic heterocycles. The number of nitrogens with zero attached hydrogens (tertiary/aromatic N) is 4. The van der Waals surface area contributed by atoms with Crippen LogP contribution >= 0.6 is 15.9 Å². The number of benzene rings is 1. The number of rotatable bonds is 9. The van der Waals surface area contributed by atoms with E-state index in [-0.39, 0.29) is 25.5 Å². The van der Waals surface area contributed by atoms with E-state index >= 15 is 0 Å². The predicted molar refractivity (Wildman–Crippen MR) is 136 cm³/mol. The molecule has 4 aromatic rings. The molecule has 0 bridgehead atoms. The first-order chi connectivity index (χ1) is 16.8. The van der Waals surface area contributed by atoms with Crippen molar-refractivity contribution in [2.24, 2.45) is 0 Å². The predicted octanol–water partition coefficient (Wildman–Crippen LogP) is 2.53. The van der Waals surface area contributed by atoms with Crippen LogP contribution in [0.15, 0.2) is 41.1 Å². The maximum absolute atomic E-state index is 12.4. The van der Waals surface area contributed by atoms with Crippen molar-refractivity contribution in [3.05, 3.63) is 52.4 Å². The molecule has 2 atom stereocenters. The molecule has 3 heterocycles. The van der Waals surface area contributed by atoms with Crippen molar-refractivity contribution in [3.8, 4) is 11.1 Å². The number of carbonyl (C=O) groups is 1. The van der Waals surface area contributed by atoms with Crippen molar-refractivity contribution in [1.82, 2.24) is 24.9 Å². The molecular formula is C24H27BrN6O4. The number of aliphatic hydroxyl groups excluding tert-OH is 2. The van der Waals surface area contributed by atoms with Crippen LogP contribution in [0.2, 0.25) is 0 Å². The van der Waals surface area contributed by atoms with Gasteiger partial charge in [0.1, 0.15) is 11.9 Å². The fraction of sp³-hybridized carbons (Fsp3) is 0.333. The Hall–Kier alpha value is -3.12. The number of carbonyl (C=O) groups excluding carboxylic acids is 1. The Bertz CT molecular complexity index is 1380. The van der Waals surface area contributed by atoms with Crippen LogP contribution in [0.5, 0.6) is 0 Å². The van der Waals surface area contributed by atoms with Crippen molar-refractivity contribution in [1.29, 1.82) is 0 Å². The van der Waals surface area contributed by atoms with Gasteiger partial charge in [0.05, 0.1) is 47.7 Å². The van der Waals surface area contributed by atoms with Gasteiger partial charge < -0.3 is 26.0 Å². The molecule has 0 saturated carbocycles. The fourth-order valence-corrected chi connectivity index (χ4v) is 4.32. The summed E-state index contributed by atoms with van der Waals surface area (Å²) in [4.78, 5) is 21.8. The molecule has 0 radical (unpaired) electrons. The number of fused-ring (bicyclic) bond motifs is 2. The molecule has 11 heteroatoms. The molecule has 0 fully saturated rings. The van der Waals surface area contributed by atoms with Crippen molar-refractivity contribution in [2.45, 2.75) is 32.4 Å². The molecule has 0 aliphatic carbocycles. The molecule has 5 N–H and O–H groups in total. The van der Waals surface area contributed by atoms with Gasteiger partial charge in [-0.25, -0.2) is 4.98 Å². The van der Waals surface area contributed by atoms with Gasteiger partial charge in [0, 0.05) is 29.1 Å². The molecule has 10 nitrogen and oxygen atoms in total. The average Bonchev–Trinajstić information content (AvgIpc) is 3.27. The largest absolute Gasteiger partial charge is 0.394 e. The summed E-state index contributed by atoms with van der Waals surface area (Å²) in [6.07, 6.45) is 2.62. The van der Waals surface area contributed by atoms with Crippen LogP contribution in [0.4, 0.5) is 5.82 Å². The first kappa shape index (κ1) is 25.0. The van der Waals surface area contributed by atoms with Crippen LogP contribution in [0.25, 0.3) is 27.7 Å². The molecule has 184 valence electrons. The molecule has 0 aliphatic rings. The normalized spacial score (nSPS) is 13.3. The maximum Gasteiger partial charge on any atom is 0.222 e. The molecule has 1 amide bonds. The number of nitrogen functional groups attached to an aromatic ring is 1. The zero-order chi connectivity index (χ0) is 25.1. The lowest BCUT2D eigenvalue weighted by atomic mass is 10.1. The summed E-state index contributed by atoms with van der Waals surface area (Å²) in [5, 5.41) is 26.4. The van der Waals surface area contributed by atoms with Crippen LogP contribution in [0.1, 0.15) is 30.6 Å². The topological polar surface area (TPSA) is 148 Å². The monoisotopic (exact) mass is 542 g/mol. The highest BCUT2D eigenvalue weighted by molar-refractivity contribution is 9.10. The van der Waals surface area contributed by atoms with E-state index in [2.05, 4.69) is 37.4 Å². The number of hydrogen-bond donors (Lipinski definition) is 4. The summed E-state index contributed by atoms with van der Waals surface area (Å²) in [7, 11) is 0. The highest BCUT2D eigenvalue weighted by Crippen LogP contribution is 2.33. The van der Waals surface area contributed by atoms with E-state index in [0.29, 0.717) is 21.6 Å². The second-order valence-electron chi connectivity index (χ2n) is 8.36. The number of aryl methyl sites for hydroxylation is 1. The van der Waals surface area contributed by atoms with Crippen LogP contribution in [0.3, 0.4) is 0 Å². The van der Waals surface area contributed by atoms with Gasteiger partial charge in [-0.1, -0.05) is 11.6 Å². The Balaban J connectivity index is 1.58. The van der Waals surface area contributed by atoms with E-state index in [9.17, 15) is 9.90 Å². The number of amides is 1. The third-order valence-corrected chi connectivity index (χ3v) is 6.39. The second-order valence-corrected chi connectivity index (χ2v) is 9.15. The molecular weight excluding hydrogens is 516 g/mol. The summed E-state index contributed by atoms with van der Waals surface area (Å²) in [5.74, 6) is 0.120. The summed E-state index contributed by atoms with van der Waals surface area (Å²) in [6, 6.07) is 7.68.